The minimum Gasteiger partial charge on any atom is -0.308 e. The number of rotatable bonds is 3. The summed E-state index contributed by atoms with van der Waals surface area (Å²) in [7, 11) is 3.92. The largest absolute Gasteiger partial charge is 0.308 e. The molecule has 0 aliphatic carbocycles. The van der Waals surface area contributed by atoms with E-state index >= 15 is 0 Å². The highest BCUT2D eigenvalue weighted by atomic mass is 15.3. The minimum atomic E-state index is 0.164. The fourth-order valence-electron chi connectivity index (χ4n) is 2.31. The predicted molar refractivity (Wildman–Crippen MR) is 70.0 cm³/mol. The molecule has 1 N–H and O–H groups in total. The van der Waals surface area contributed by atoms with Gasteiger partial charge in [0.15, 0.2) is 0 Å². The van der Waals surface area contributed by atoms with Crippen molar-refractivity contribution in [3.05, 3.63) is 52.8 Å². The average molecular weight is 229 g/mol. The molecule has 1 aromatic carbocycles. The fraction of sp³-hybridized carbons (Fsp3) is 0.357. The van der Waals surface area contributed by atoms with Crippen molar-refractivity contribution >= 4 is 0 Å². The first kappa shape index (κ1) is 11.9. The van der Waals surface area contributed by atoms with Crippen molar-refractivity contribution < 1.29 is 0 Å². The Morgan fingerprint density at radius 1 is 1.18 bits per heavy atom. The number of aryl methyl sites for hydroxylation is 3. The van der Waals surface area contributed by atoms with Crippen LogP contribution in [0.4, 0.5) is 0 Å². The van der Waals surface area contributed by atoms with Crippen LogP contribution >= 0.6 is 0 Å². The van der Waals surface area contributed by atoms with E-state index in [9.17, 15) is 0 Å². The maximum atomic E-state index is 4.49. The molecule has 1 heterocycles. The molecule has 0 radical (unpaired) electrons. The third kappa shape index (κ3) is 2.24. The number of hydrogen-bond donors (Lipinski definition) is 1. The maximum absolute atomic E-state index is 4.49. The molecule has 0 saturated heterocycles. The SMILES string of the molecule is CNC(c1ccn(C)n1)c1c(C)cccc1C. The lowest BCUT2D eigenvalue weighted by Crippen LogP contribution is -2.20. The Bertz CT molecular complexity index is 494. The Kier molecular flexibility index (Phi) is 3.29. The normalized spacial score (nSPS) is 12.7. The van der Waals surface area contributed by atoms with Crippen molar-refractivity contribution in [1.82, 2.24) is 15.1 Å². The van der Waals surface area contributed by atoms with Gasteiger partial charge in [-0.05, 0) is 43.7 Å². The zero-order valence-corrected chi connectivity index (χ0v) is 10.9. The van der Waals surface area contributed by atoms with Crippen molar-refractivity contribution in [2.45, 2.75) is 19.9 Å². The van der Waals surface area contributed by atoms with E-state index in [-0.39, 0.29) is 6.04 Å². The second kappa shape index (κ2) is 4.72. The molecule has 0 aliphatic rings. The average Bonchev–Trinajstić information content (AvgIpc) is 2.70. The summed E-state index contributed by atoms with van der Waals surface area (Å²) < 4.78 is 1.84. The maximum Gasteiger partial charge on any atom is 0.0839 e. The lowest BCUT2D eigenvalue weighted by atomic mass is 9.94. The fourth-order valence-corrected chi connectivity index (χ4v) is 2.31. The molecule has 2 rings (SSSR count). The Morgan fingerprint density at radius 3 is 2.29 bits per heavy atom. The lowest BCUT2D eigenvalue weighted by Gasteiger charge is -2.19. The molecule has 0 bridgehead atoms. The van der Waals surface area contributed by atoms with Crippen molar-refractivity contribution in [3.63, 3.8) is 0 Å². The zero-order valence-electron chi connectivity index (χ0n) is 10.9. The highest BCUT2D eigenvalue weighted by Gasteiger charge is 2.18. The van der Waals surface area contributed by atoms with E-state index in [2.05, 4.69) is 48.5 Å². The molecule has 90 valence electrons. The molecular weight excluding hydrogens is 210 g/mol. The second-order valence-electron chi connectivity index (χ2n) is 4.44. The number of nitrogens with zero attached hydrogens (tertiary/aromatic N) is 2. The zero-order chi connectivity index (χ0) is 12.4. The van der Waals surface area contributed by atoms with Gasteiger partial charge >= 0.3 is 0 Å². The molecule has 0 fully saturated rings. The molecule has 2 aromatic rings. The van der Waals surface area contributed by atoms with Gasteiger partial charge in [-0.2, -0.15) is 5.10 Å². The van der Waals surface area contributed by atoms with Gasteiger partial charge in [0, 0.05) is 13.2 Å². The molecule has 0 aliphatic heterocycles. The summed E-state index contributed by atoms with van der Waals surface area (Å²) in [6, 6.07) is 8.62. The van der Waals surface area contributed by atoms with Gasteiger partial charge in [0.1, 0.15) is 0 Å². The number of benzene rings is 1. The van der Waals surface area contributed by atoms with Crippen LogP contribution in [0.15, 0.2) is 30.5 Å². The van der Waals surface area contributed by atoms with Gasteiger partial charge in [0.25, 0.3) is 0 Å². The van der Waals surface area contributed by atoms with Crippen LogP contribution in [0, 0.1) is 13.8 Å². The van der Waals surface area contributed by atoms with E-state index in [1.807, 2.05) is 25.0 Å². The van der Waals surface area contributed by atoms with E-state index in [0.717, 1.165) is 5.69 Å². The van der Waals surface area contributed by atoms with Crippen molar-refractivity contribution in [1.29, 1.82) is 0 Å². The molecule has 17 heavy (non-hydrogen) atoms. The summed E-state index contributed by atoms with van der Waals surface area (Å²) in [5, 5.41) is 7.85. The van der Waals surface area contributed by atoms with Crippen molar-refractivity contribution in [2.24, 2.45) is 7.05 Å². The summed E-state index contributed by atoms with van der Waals surface area (Å²) in [6.07, 6.45) is 1.98. The van der Waals surface area contributed by atoms with E-state index in [4.69, 9.17) is 0 Å². The first-order valence-electron chi connectivity index (χ1n) is 5.86. The molecular formula is C14H19N3. The summed E-state index contributed by atoms with van der Waals surface area (Å²) >= 11 is 0. The smallest absolute Gasteiger partial charge is 0.0839 e. The third-order valence-corrected chi connectivity index (χ3v) is 3.15. The van der Waals surface area contributed by atoms with Crippen LogP contribution in [0.25, 0.3) is 0 Å². The first-order valence-corrected chi connectivity index (χ1v) is 5.86. The highest BCUT2D eigenvalue weighted by molar-refractivity contribution is 5.39. The van der Waals surface area contributed by atoms with Crippen molar-refractivity contribution in [2.75, 3.05) is 7.05 Å². The molecule has 0 saturated carbocycles. The number of nitrogens with one attached hydrogen (secondary N) is 1. The van der Waals surface area contributed by atoms with Gasteiger partial charge in [-0.25, -0.2) is 0 Å². The Hall–Kier alpha value is -1.61. The van der Waals surface area contributed by atoms with Crippen molar-refractivity contribution in [3.8, 4) is 0 Å². The van der Waals surface area contributed by atoms with E-state index < -0.39 is 0 Å². The molecule has 1 unspecified atom stereocenters. The highest BCUT2D eigenvalue weighted by Crippen LogP contribution is 2.26. The van der Waals surface area contributed by atoms with Gasteiger partial charge in [0.05, 0.1) is 11.7 Å². The van der Waals surface area contributed by atoms with E-state index in [1.165, 1.54) is 16.7 Å². The number of hydrogen-bond acceptors (Lipinski definition) is 2. The Labute approximate surface area is 102 Å². The van der Waals surface area contributed by atoms with Crippen LogP contribution in [0.1, 0.15) is 28.4 Å². The summed E-state index contributed by atoms with van der Waals surface area (Å²) in [4.78, 5) is 0. The van der Waals surface area contributed by atoms with E-state index in [1.54, 1.807) is 0 Å². The quantitative estimate of drug-likeness (QED) is 0.875. The molecule has 3 heteroatoms. The first-order chi connectivity index (χ1) is 8.13. The standard InChI is InChI=1S/C14H19N3/c1-10-6-5-7-11(2)13(10)14(15-3)12-8-9-17(4)16-12/h5-9,14-15H,1-4H3. The monoisotopic (exact) mass is 229 g/mol. The van der Waals surface area contributed by atoms with E-state index in [0.29, 0.717) is 0 Å². The summed E-state index contributed by atoms with van der Waals surface area (Å²) in [5.74, 6) is 0. The number of aromatic nitrogens is 2. The van der Waals surface area contributed by atoms with Gasteiger partial charge < -0.3 is 5.32 Å². The molecule has 1 aromatic heterocycles. The molecule has 0 spiro atoms. The minimum absolute atomic E-state index is 0.164. The predicted octanol–water partition coefficient (Wildman–Crippen LogP) is 2.35. The lowest BCUT2D eigenvalue weighted by molar-refractivity contribution is 0.636. The Morgan fingerprint density at radius 2 is 1.82 bits per heavy atom. The van der Waals surface area contributed by atoms with Gasteiger partial charge in [-0.3, -0.25) is 4.68 Å². The van der Waals surface area contributed by atoms with Gasteiger partial charge in [-0.1, -0.05) is 18.2 Å². The van der Waals surface area contributed by atoms with Gasteiger partial charge in [-0.15, -0.1) is 0 Å². The van der Waals surface area contributed by atoms with Crippen LogP contribution in [-0.4, -0.2) is 16.8 Å². The summed E-state index contributed by atoms with van der Waals surface area (Å²) in [6.45, 7) is 4.30. The van der Waals surface area contributed by atoms with Crippen LogP contribution < -0.4 is 5.32 Å². The van der Waals surface area contributed by atoms with Crippen LogP contribution in [-0.2, 0) is 7.05 Å². The van der Waals surface area contributed by atoms with Crippen LogP contribution in [0.5, 0.6) is 0 Å². The summed E-state index contributed by atoms with van der Waals surface area (Å²) in [5.41, 5.74) is 4.99. The second-order valence-corrected chi connectivity index (χ2v) is 4.44. The third-order valence-electron chi connectivity index (χ3n) is 3.15. The molecule has 1 atom stereocenters. The molecule has 3 nitrogen and oxygen atoms in total. The topological polar surface area (TPSA) is 29.9 Å². The Balaban J connectivity index is 2.49. The molecule has 0 amide bonds. The van der Waals surface area contributed by atoms with Crippen LogP contribution in [0.2, 0.25) is 0 Å². The van der Waals surface area contributed by atoms with Crippen LogP contribution in [0.3, 0.4) is 0 Å². The van der Waals surface area contributed by atoms with Gasteiger partial charge in [0.2, 0.25) is 0 Å².